The molecule has 10 saturated heterocycles. The Labute approximate surface area is 563 Å². The van der Waals surface area contributed by atoms with Gasteiger partial charge in [-0.05, 0) is 81.4 Å². The van der Waals surface area contributed by atoms with Gasteiger partial charge in [-0.2, -0.15) is 0 Å². The number of carbonyl (C=O) groups is 6. The van der Waals surface area contributed by atoms with Crippen molar-refractivity contribution in [3.8, 4) is 0 Å². The molecule has 1 aliphatic carbocycles. The first-order valence-corrected chi connectivity index (χ1v) is 35.3. The van der Waals surface area contributed by atoms with E-state index in [0.717, 1.165) is 55.2 Å². The van der Waals surface area contributed by atoms with E-state index in [4.69, 9.17) is 61.6 Å². The number of nitrogens with one attached hydrogen (secondary N) is 5. The highest BCUT2D eigenvalue weighted by Crippen LogP contribution is 2.73. The summed E-state index contributed by atoms with van der Waals surface area (Å²) in [7, 11) is 1.58. The molecule has 0 aromatic heterocycles. The van der Waals surface area contributed by atoms with E-state index in [0.29, 0.717) is 91.6 Å². The summed E-state index contributed by atoms with van der Waals surface area (Å²) in [6.07, 6.45) is 2.52. The second-order valence-electron chi connectivity index (χ2n) is 27.8. The molecule has 4 unspecified atom stereocenters. The highest BCUT2D eigenvalue weighted by Gasteiger charge is 2.86. The van der Waals surface area contributed by atoms with Gasteiger partial charge in [-0.25, -0.2) is 0 Å². The van der Waals surface area contributed by atoms with Gasteiger partial charge in [0.2, 0.25) is 29.5 Å². The highest BCUT2D eigenvalue weighted by molar-refractivity contribution is 5.93. The van der Waals surface area contributed by atoms with Crippen molar-refractivity contribution in [1.82, 2.24) is 31.5 Å². The van der Waals surface area contributed by atoms with Crippen molar-refractivity contribution in [3.63, 3.8) is 0 Å². The van der Waals surface area contributed by atoms with Gasteiger partial charge in [0.1, 0.15) is 24.0 Å². The molecule has 26 nitrogen and oxygen atoms in total. The summed E-state index contributed by atoms with van der Waals surface area (Å²) in [6, 6.07) is 7.83. The van der Waals surface area contributed by atoms with Crippen LogP contribution in [0, 0.1) is 23.7 Å². The maximum Gasteiger partial charge on any atom is 0.243 e. The first-order valence-electron chi connectivity index (χ1n) is 35.3. The van der Waals surface area contributed by atoms with Crippen LogP contribution in [0.15, 0.2) is 54.6 Å². The molecule has 6 N–H and O–H groups in total. The van der Waals surface area contributed by atoms with Crippen molar-refractivity contribution in [1.29, 1.82) is 0 Å². The Kier molecular flexibility index (Phi) is 25.3. The number of rotatable bonds is 31. The zero-order valence-corrected chi connectivity index (χ0v) is 56.4. The lowest BCUT2D eigenvalue weighted by Gasteiger charge is -2.80. The Hall–Kier alpha value is -4.88. The van der Waals surface area contributed by atoms with E-state index in [1.807, 2.05) is 24.8 Å². The number of nitrogens with zero attached hydrogens (tertiary/aromatic N) is 1. The Balaban J connectivity index is 0.671. The van der Waals surface area contributed by atoms with Crippen LogP contribution < -0.4 is 26.6 Å². The number of fused-ring (bicyclic) bond motifs is 6. The number of Topliss-reactive ketones (excluding diaryl/α,β-unsaturated/α-hetero) is 1. The average Bonchev–Trinajstić information content (AvgIpc) is 0.658. The van der Waals surface area contributed by atoms with Crippen LogP contribution in [-0.4, -0.2) is 254 Å². The van der Waals surface area contributed by atoms with E-state index in [1.54, 1.807) is 31.4 Å². The highest BCUT2D eigenvalue weighted by atomic mass is 16.8. The monoisotopic (exact) mass is 1350 g/mol. The van der Waals surface area contributed by atoms with E-state index in [9.17, 15) is 33.9 Å². The molecular formula is C70H104N6O20. The van der Waals surface area contributed by atoms with Crippen LogP contribution in [0.1, 0.15) is 110 Å². The normalized spacial score (nSPS) is 35.7. The van der Waals surface area contributed by atoms with Crippen LogP contribution >= 0.6 is 0 Å². The van der Waals surface area contributed by atoms with Crippen LogP contribution in [0.5, 0.6) is 0 Å². The summed E-state index contributed by atoms with van der Waals surface area (Å²) in [5, 5.41) is 24.7. The maximum atomic E-state index is 14.6. The van der Waals surface area contributed by atoms with Gasteiger partial charge < -0.3 is 93.3 Å². The lowest BCUT2D eigenvalue weighted by atomic mass is 9.51. The van der Waals surface area contributed by atoms with E-state index in [1.165, 1.54) is 0 Å². The number of aliphatic hydroxyl groups excluding tert-OH is 1. The molecule has 11 fully saturated rings. The standard InChI is InChI=1S/C70H104N6O20/c1-7-85-24-26-87-22-20-76(21-23-88-27-25-86-8-2)40-61(82)73-37-58(79)72-39-60(81)75-51(30-44-12-10-9-11-13-44)68(83)74-38-59(80)71-36-46(78)33-56-64(84-6)50-32-45(77)31-48-15-17-53-65(91-48)67-63-66(93-53)62-57-35-69(95-67,96-70(62,63)94-57)19-18-49-29-42(4)52(89-49)16-14-47-28-41(3)43(5)54(90-47)34-55(50)92-56/h9-13,41,46-57,62-67,78H,4-5,7-8,14-40H2,1-3,6H3,(H,71,80)(H,72,79)(H,73,82)(H,74,83)(H,75,81)/t41-,46+,47+,48-,49+,50+,51+,52+,53+,54-,55+,56-,57?,62+,63?,64-,65+,66?,67-,69-,70?/m1/s1. The molecule has 1 aromatic carbocycles. The zero-order chi connectivity index (χ0) is 67.5. The van der Waals surface area contributed by atoms with Crippen molar-refractivity contribution in [2.75, 3.05) is 106 Å². The third kappa shape index (κ3) is 17.6. The minimum Gasteiger partial charge on any atom is -0.391 e. The summed E-state index contributed by atoms with van der Waals surface area (Å²) < 4.78 is 83.1. The number of amides is 5. The maximum absolute atomic E-state index is 14.6. The number of benzene rings is 1. The molecule has 0 radical (unpaired) electrons. The number of aliphatic hydroxyl groups is 1. The Bertz CT molecular complexity index is 2820. The molecule has 10 aliphatic heterocycles. The van der Waals surface area contributed by atoms with Gasteiger partial charge in [0, 0.05) is 90.8 Å². The Morgan fingerprint density at radius 3 is 2.11 bits per heavy atom. The second kappa shape index (κ2) is 33.5. The topological polar surface area (TPSA) is 306 Å². The fraction of sp³-hybridized carbons (Fsp3) is 0.771. The van der Waals surface area contributed by atoms with Crippen LogP contribution in [0.25, 0.3) is 0 Å². The predicted molar refractivity (Wildman–Crippen MR) is 345 cm³/mol. The molecule has 10 heterocycles. The third-order valence-corrected chi connectivity index (χ3v) is 21.2. The summed E-state index contributed by atoms with van der Waals surface area (Å²) in [5.74, 6) is -4.81. The zero-order valence-electron chi connectivity index (χ0n) is 56.4. The molecule has 26 heteroatoms. The molecule has 96 heavy (non-hydrogen) atoms. The molecule has 10 bridgehead atoms. The van der Waals surface area contributed by atoms with Crippen molar-refractivity contribution in [2.24, 2.45) is 23.7 Å². The summed E-state index contributed by atoms with van der Waals surface area (Å²) >= 11 is 0. The van der Waals surface area contributed by atoms with Crippen LogP contribution in [0.4, 0.5) is 0 Å². The van der Waals surface area contributed by atoms with Gasteiger partial charge in [-0.1, -0.05) is 50.4 Å². The number of carbonyl (C=O) groups excluding carboxylic acids is 6. The summed E-state index contributed by atoms with van der Waals surface area (Å²) in [6.45, 7) is 17.8. The number of hydrogen-bond acceptors (Lipinski definition) is 21. The number of ether oxygens (including phenoxy) is 13. The molecule has 1 saturated carbocycles. The molecule has 21 atom stereocenters. The van der Waals surface area contributed by atoms with Crippen LogP contribution in [0.2, 0.25) is 0 Å². The molecule has 2 spiro atoms. The Morgan fingerprint density at radius 2 is 1.36 bits per heavy atom. The van der Waals surface area contributed by atoms with Crippen molar-refractivity contribution in [3.05, 3.63) is 60.2 Å². The van der Waals surface area contributed by atoms with Crippen molar-refractivity contribution >= 4 is 35.3 Å². The van der Waals surface area contributed by atoms with E-state index < -0.39 is 103 Å². The SMILES string of the molecule is C=C1C[C@@H]2CC[C@]34CC5OC6(O3)C3C(O[C@H]7CC[C@H](CC(=O)C[C@@H]8[C@@H](OC)[C@@H](C[C@H](O)CNC(=O)CNC(=O)[C@H](Cc9ccccc9)NC(=O)CNC(=O)CNC(=O)CN(CCOCCOCC)CCOCCOCC)O[C@H]8C[C@H]8O[C@@H](CC[C@@H]1O2)C[C@@H](C)C8=C)O[C@@H]7[C@@H]3O4)[C@H]56. The van der Waals surface area contributed by atoms with Crippen LogP contribution in [0.3, 0.4) is 0 Å². The van der Waals surface area contributed by atoms with Gasteiger partial charge in [0.15, 0.2) is 11.6 Å². The number of ketones is 1. The van der Waals surface area contributed by atoms with Gasteiger partial charge in [0.05, 0.1) is 151 Å². The molecule has 1 aromatic rings. The smallest absolute Gasteiger partial charge is 0.243 e. The van der Waals surface area contributed by atoms with Gasteiger partial charge in [0.25, 0.3) is 0 Å². The minimum atomic E-state index is -1.15. The van der Waals surface area contributed by atoms with Crippen LogP contribution in [-0.2, 0) is 96.8 Å². The van der Waals surface area contributed by atoms with Gasteiger partial charge >= 0.3 is 0 Å². The lowest BCUT2D eigenvalue weighted by Crippen LogP contribution is -2.93. The van der Waals surface area contributed by atoms with Crippen molar-refractivity contribution < 1.29 is 95.5 Å². The molecule has 12 rings (SSSR count). The largest absolute Gasteiger partial charge is 0.391 e. The molecular weight excluding hydrogens is 1240 g/mol. The fourth-order valence-corrected chi connectivity index (χ4v) is 16.4. The third-order valence-electron chi connectivity index (χ3n) is 21.2. The summed E-state index contributed by atoms with van der Waals surface area (Å²) in [5.41, 5.74) is 2.77. The minimum absolute atomic E-state index is 0.00123. The van der Waals surface area contributed by atoms with E-state index >= 15 is 0 Å². The molecule has 534 valence electrons. The average molecular weight is 1350 g/mol. The second-order valence-corrected chi connectivity index (χ2v) is 27.8. The Morgan fingerprint density at radius 1 is 0.677 bits per heavy atom. The van der Waals surface area contributed by atoms with E-state index in [-0.39, 0.29) is 117 Å². The number of hydrogen-bond donors (Lipinski definition) is 6. The van der Waals surface area contributed by atoms with E-state index in [2.05, 4.69) is 46.7 Å². The first-order chi connectivity index (χ1) is 46.4. The van der Waals surface area contributed by atoms with Crippen molar-refractivity contribution in [2.45, 2.75) is 214 Å². The molecule has 5 amide bonds. The summed E-state index contributed by atoms with van der Waals surface area (Å²) in [4.78, 5) is 82.8. The lowest BCUT2D eigenvalue weighted by molar-refractivity contribution is -0.620. The number of methoxy groups -OCH3 is 1. The first kappa shape index (κ1) is 72.4. The fourth-order valence-electron chi connectivity index (χ4n) is 16.4. The molecule has 11 aliphatic rings. The quantitative estimate of drug-likeness (QED) is 0.0459. The van der Waals surface area contributed by atoms with Gasteiger partial charge in [-0.15, -0.1) is 0 Å². The predicted octanol–water partition coefficient (Wildman–Crippen LogP) is 2.28. The van der Waals surface area contributed by atoms with Gasteiger partial charge in [-0.3, -0.25) is 33.7 Å².